The van der Waals surface area contributed by atoms with Crippen molar-refractivity contribution >= 4 is 51.4 Å². The maximum Gasteiger partial charge on any atom is 0.234 e. The van der Waals surface area contributed by atoms with Crippen molar-refractivity contribution < 1.29 is 14.3 Å². The Hall–Kier alpha value is -1.71. The van der Waals surface area contributed by atoms with E-state index in [0.29, 0.717) is 31.7 Å². The second-order valence-corrected chi connectivity index (χ2v) is 6.57. The third-order valence-electron chi connectivity index (χ3n) is 2.50. The van der Waals surface area contributed by atoms with Crippen LogP contribution >= 0.6 is 34.7 Å². The van der Waals surface area contributed by atoms with Crippen LogP contribution in [0.2, 0.25) is 5.02 Å². The maximum absolute atomic E-state index is 12.0. The van der Waals surface area contributed by atoms with Gasteiger partial charge in [0.1, 0.15) is 11.5 Å². The first kappa shape index (κ1) is 16.7. The summed E-state index contributed by atoms with van der Waals surface area (Å²) in [6.45, 7) is 0. The number of ether oxygens (including phenoxy) is 2. The van der Waals surface area contributed by atoms with E-state index in [4.69, 9.17) is 26.8 Å². The fraction of sp³-hybridized carbons (Fsp3) is 0.250. The van der Waals surface area contributed by atoms with Gasteiger partial charge in [-0.1, -0.05) is 34.7 Å². The molecule has 0 spiro atoms. The molecule has 10 heteroatoms. The molecule has 0 atom stereocenters. The molecule has 0 aliphatic heterocycles. The summed E-state index contributed by atoms with van der Waals surface area (Å²) in [4.78, 5) is 12.0. The molecule has 0 aliphatic rings. The Kier molecular flexibility index (Phi) is 5.69. The maximum atomic E-state index is 12.0. The Labute approximate surface area is 140 Å². The lowest BCUT2D eigenvalue weighted by atomic mass is 10.2. The standard InChI is InChI=1S/C12H13ClN4O3S2/c1-19-8-4-9(20-2)7(3-6(8)13)15-10(18)5-21-12-17-16-11(14)22-12/h3-4H,5H2,1-2H3,(H2,14,16)(H,15,18). The van der Waals surface area contributed by atoms with Crippen LogP contribution < -0.4 is 20.5 Å². The molecule has 0 bridgehead atoms. The number of nitrogens with one attached hydrogen (secondary N) is 1. The summed E-state index contributed by atoms with van der Waals surface area (Å²) < 4.78 is 10.9. The minimum atomic E-state index is -0.224. The number of halogens is 1. The van der Waals surface area contributed by atoms with Gasteiger partial charge in [-0.2, -0.15) is 0 Å². The van der Waals surface area contributed by atoms with Gasteiger partial charge in [0.15, 0.2) is 4.34 Å². The number of methoxy groups -OCH3 is 2. The second kappa shape index (κ2) is 7.52. The van der Waals surface area contributed by atoms with Gasteiger partial charge in [0.2, 0.25) is 11.0 Å². The van der Waals surface area contributed by atoms with Crippen LogP contribution in [0.15, 0.2) is 16.5 Å². The first-order valence-corrected chi connectivity index (χ1v) is 8.14. The van der Waals surface area contributed by atoms with Gasteiger partial charge in [-0.15, -0.1) is 10.2 Å². The molecule has 0 saturated heterocycles. The summed E-state index contributed by atoms with van der Waals surface area (Å²) in [5, 5.41) is 11.0. The molecule has 0 unspecified atom stereocenters. The van der Waals surface area contributed by atoms with Crippen molar-refractivity contribution in [2.75, 3.05) is 31.0 Å². The van der Waals surface area contributed by atoms with E-state index in [1.54, 1.807) is 12.1 Å². The Bertz CT molecular complexity index is 680. The van der Waals surface area contributed by atoms with Crippen LogP contribution in [0.3, 0.4) is 0 Å². The number of aromatic nitrogens is 2. The number of anilines is 2. The lowest BCUT2D eigenvalue weighted by Crippen LogP contribution is -2.14. The highest BCUT2D eigenvalue weighted by Gasteiger charge is 2.13. The molecule has 0 saturated carbocycles. The Balaban J connectivity index is 2.03. The monoisotopic (exact) mass is 360 g/mol. The summed E-state index contributed by atoms with van der Waals surface area (Å²) in [6.07, 6.45) is 0. The molecule has 0 aliphatic carbocycles. The predicted octanol–water partition coefficient (Wildman–Crippen LogP) is 2.52. The van der Waals surface area contributed by atoms with E-state index in [1.165, 1.54) is 37.3 Å². The highest BCUT2D eigenvalue weighted by molar-refractivity contribution is 8.01. The molecule has 22 heavy (non-hydrogen) atoms. The number of thioether (sulfide) groups is 1. The summed E-state index contributed by atoms with van der Waals surface area (Å²) in [7, 11) is 3.00. The largest absolute Gasteiger partial charge is 0.495 e. The molecule has 2 aromatic rings. The summed E-state index contributed by atoms with van der Waals surface area (Å²) in [6, 6.07) is 3.18. The van der Waals surface area contributed by atoms with Gasteiger partial charge in [-0.3, -0.25) is 4.79 Å². The van der Waals surface area contributed by atoms with Crippen LogP contribution in [-0.4, -0.2) is 36.1 Å². The normalized spacial score (nSPS) is 10.3. The minimum absolute atomic E-state index is 0.168. The minimum Gasteiger partial charge on any atom is -0.495 e. The molecule has 1 aromatic carbocycles. The molecule has 118 valence electrons. The fourth-order valence-corrected chi connectivity index (χ4v) is 3.23. The number of hydrogen-bond donors (Lipinski definition) is 2. The van der Waals surface area contributed by atoms with Crippen LogP contribution in [0, 0.1) is 0 Å². The van der Waals surface area contributed by atoms with Gasteiger partial charge in [0.25, 0.3) is 0 Å². The van der Waals surface area contributed by atoms with Gasteiger partial charge < -0.3 is 20.5 Å². The van der Waals surface area contributed by atoms with Crippen molar-refractivity contribution in [1.29, 1.82) is 0 Å². The lowest BCUT2D eigenvalue weighted by molar-refractivity contribution is -0.113. The van der Waals surface area contributed by atoms with Gasteiger partial charge >= 0.3 is 0 Å². The van der Waals surface area contributed by atoms with Crippen molar-refractivity contribution in [3.8, 4) is 11.5 Å². The number of carbonyl (C=O) groups is 1. The number of hydrogen-bond acceptors (Lipinski definition) is 8. The van der Waals surface area contributed by atoms with Crippen molar-refractivity contribution in [2.24, 2.45) is 0 Å². The van der Waals surface area contributed by atoms with E-state index < -0.39 is 0 Å². The first-order valence-electron chi connectivity index (χ1n) is 5.96. The third kappa shape index (κ3) is 4.15. The van der Waals surface area contributed by atoms with E-state index in [-0.39, 0.29) is 11.7 Å². The average molecular weight is 361 g/mol. The lowest BCUT2D eigenvalue weighted by Gasteiger charge is -2.12. The molecule has 1 heterocycles. The number of nitrogen functional groups attached to an aromatic ring is 1. The van der Waals surface area contributed by atoms with Crippen molar-refractivity contribution in [2.45, 2.75) is 4.34 Å². The van der Waals surface area contributed by atoms with E-state index >= 15 is 0 Å². The van der Waals surface area contributed by atoms with Crippen molar-refractivity contribution in [1.82, 2.24) is 10.2 Å². The molecule has 0 radical (unpaired) electrons. The van der Waals surface area contributed by atoms with Crippen LogP contribution in [0.25, 0.3) is 0 Å². The van der Waals surface area contributed by atoms with Crippen molar-refractivity contribution in [3.05, 3.63) is 17.2 Å². The third-order valence-corrected chi connectivity index (χ3v) is 4.68. The van der Waals surface area contributed by atoms with E-state index in [1.807, 2.05) is 0 Å². The Morgan fingerprint density at radius 1 is 1.36 bits per heavy atom. The zero-order valence-corrected chi connectivity index (χ0v) is 14.1. The number of nitrogens with two attached hydrogens (primary N) is 1. The molecule has 0 fully saturated rings. The molecule has 7 nitrogen and oxygen atoms in total. The second-order valence-electron chi connectivity index (χ2n) is 3.93. The van der Waals surface area contributed by atoms with Crippen molar-refractivity contribution in [3.63, 3.8) is 0 Å². The zero-order chi connectivity index (χ0) is 16.1. The van der Waals surface area contributed by atoms with Crippen LogP contribution in [0.5, 0.6) is 11.5 Å². The van der Waals surface area contributed by atoms with Gasteiger partial charge in [0.05, 0.1) is 30.7 Å². The number of rotatable bonds is 6. The quantitative estimate of drug-likeness (QED) is 0.763. The van der Waals surface area contributed by atoms with Crippen LogP contribution in [-0.2, 0) is 4.79 Å². The average Bonchev–Trinajstić information content (AvgIpc) is 2.91. The number of benzene rings is 1. The molecule has 3 N–H and O–H groups in total. The topological polar surface area (TPSA) is 99.4 Å². The van der Waals surface area contributed by atoms with Gasteiger partial charge in [0, 0.05) is 6.07 Å². The molecule has 1 amide bonds. The molecular weight excluding hydrogens is 348 g/mol. The highest BCUT2D eigenvalue weighted by atomic mass is 35.5. The number of nitrogens with zero attached hydrogens (tertiary/aromatic N) is 2. The molecule has 2 rings (SSSR count). The van der Waals surface area contributed by atoms with E-state index in [2.05, 4.69) is 15.5 Å². The van der Waals surface area contributed by atoms with E-state index in [0.717, 1.165) is 0 Å². The van der Waals surface area contributed by atoms with Gasteiger partial charge in [-0.25, -0.2) is 0 Å². The number of carbonyl (C=O) groups excluding carboxylic acids is 1. The van der Waals surface area contributed by atoms with Gasteiger partial charge in [-0.05, 0) is 6.07 Å². The highest BCUT2D eigenvalue weighted by Crippen LogP contribution is 2.36. The first-order chi connectivity index (χ1) is 10.5. The van der Waals surface area contributed by atoms with E-state index in [9.17, 15) is 4.79 Å². The summed E-state index contributed by atoms with van der Waals surface area (Å²) in [5.41, 5.74) is 5.95. The summed E-state index contributed by atoms with van der Waals surface area (Å²) >= 11 is 8.53. The number of amides is 1. The van der Waals surface area contributed by atoms with Crippen LogP contribution in [0.4, 0.5) is 10.8 Å². The molecule has 1 aromatic heterocycles. The SMILES string of the molecule is COc1cc(OC)c(NC(=O)CSc2nnc(N)s2)cc1Cl. The molecular formula is C12H13ClN4O3S2. The Morgan fingerprint density at radius 2 is 2.09 bits per heavy atom. The van der Waals surface area contributed by atoms with Crippen LogP contribution in [0.1, 0.15) is 0 Å². The summed E-state index contributed by atoms with van der Waals surface area (Å²) in [5.74, 6) is 0.870. The zero-order valence-electron chi connectivity index (χ0n) is 11.8. The predicted molar refractivity (Wildman–Crippen MR) is 88.2 cm³/mol. The smallest absolute Gasteiger partial charge is 0.234 e. The Morgan fingerprint density at radius 3 is 2.68 bits per heavy atom. The fourth-order valence-electron chi connectivity index (χ4n) is 1.55.